The van der Waals surface area contributed by atoms with Gasteiger partial charge in [0.15, 0.2) is 0 Å². The van der Waals surface area contributed by atoms with E-state index in [1.807, 2.05) is 13.8 Å². The quantitative estimate of drug-likeness (QED) is 0.744. The van der Waals surface area contributed by atoms with Crippen molar-refractivity contribution >= 4 is 5.78 Å². The molecule has 1 nitrogen and oxygen atoms in total. The first-order valence-corrected chi connectivity index (χ1v) is 6.13. The molecule has 90 valence electrons. The molecule has 0 amide bonds. The lowest BCUT2D eigenvalue weighted by Crippen LogP contribution is -1.88. The van der Waals surface area contributed by atoms with Gasteiger partial charge in [-0.05, 0) is 37.0 Å². The molecule has 0 aromatic heterocycles. The monoisotopic (exact) mass is 220 g/mol. The van der Waals surface area contributed by atoms with Gasteiger partial charge in [0.25, 0.3) is 0 Å². The summed E-state index contributed by atoms with van der Waals surface area (Å²) in [5, 5.41) is 0. The molecule has 0 bridgehead atoms. The Bertz CT molecular complexity index is 320. The molecule has 0 radical (unpaired) electrons. The van der Waals surface area contributed by atoms with Gasteiger partial charge in [0.05, 0.1) is 0 Å². The summed E-state index contributed by atoms with van der Waals surface area (Å²) in [6, 6.07) is 6.48. The lowest BCUT2D eigenvalue weighted by molar-refractivity contribution is -0.118. The molecule has 1 heteroatoms. The molecule has 1 aromatic rings. The molecule has 0 aliphatic rings. The van der Waals surface area contributed by atoms with Gasteiger partial charge >= 0.3 is 0 Å². The lowest BCUT2D eigenvalue weighted by Gasteiger charge is -2.04. The van der Waals surface area contributed by atoms with Gasteiger partial charge in [-0.3, -0.25) is 4.79 Å². The van der Waals surface area contributed by atoms with E-state index in [0.29, 0.717) is 18.6 Å². The van der Waals surface area contributed by atoms with Crippen molar-refractivity contribution in [3.05, 3.63) is 34.9 Å². The van der Waals surface area contributed by atoms with Gasteiger partial charge in [0.2, 0.25) is 0 Å². The van der Waals surface area contributed by atoms with Crippen LogP contribution in [0.15, 0.2) is 18.2 Å². The number of hydrogen-bond donors (Lipinski definition) is 0. The van der Waals surface area contributed by atoms with Crippen LogP contribution in [0.25, 0.3) is 0 Å². The van der Waals surface area contributed by atoms with Crippen LogP contribution in [0.2, 0.25) is 0 Å². The molecule has 0 aliphatic heterocycles. The molecular formula is C15H24O. The highest BCUT2D eigenvalue weighted by Gasteiger charge is 1.95. The van der Waals surface area contributed by atoms with Gasteiger partial charge in [0.1, 0.15) is 5.78 Å². The molecule has 0 N–H and O–H groups in total. The van der Waals surface area contributed by atoms with E-state index in [1.54, 1.807) is 0 Å². The standard InChI is InChI=1S/C10H14.C5H10O/c1-4-10-7-5-6-8(2)9(10)3;1-3-5(6)4-2/h5-7H,4H2,1-3H3;3-4H2,1-2H3. The molecule has 0 spiro atoms. The Morgan fingerprint density at radius 2 is 1.62 bits per heavy atom. The van der Waals surface area contributed by atoms with Crippen LogP contribution in [0.3, 0.4) is 0 Å². The maximum atomic E-state index is 10.2. The third kappa shape index (κ3) is 5.11. The average Bonchev–Trinajstić information content (AvgIpc) is 2.32. The highest BCUT2D eigenvalue weighted by Crippen LogP contribution is 2.12. The van der Waals surface area contributed by atoms with E-state index in [9.17, 15) is 4.79 Å². The van der Waals surface area contributed by atoms with Crippen molar-refractivity contribution < 1.29 is 4.79 Å². The van der Waals surface area contributed by atoms with Crippen LogP contribution < -0.4 is 0 Å². The smallest absolute Gasteiger partial charge is 0.132 e. The molecule has 0 unspecified atom stereocenters. The van der Waals surface area contributed by atoms with E-state index in [0.717, 1.165) is 6.42 Å². The number of hydrogen-bond acceptors (Lipinski definition) is 1. The highest BCUT2D eigenvalue weighted by atomic mass is 16.1. The van der Waals surface area contributed by atoms with E-state index < -0.39 is 0 Å². The molecule has 0 fully saturated rings. The first kappa shape index (κ1) is 14.9. The van der Waals surface area contributed by atoms with Crippen LogP contribution in [0.5, 0.6) is 0 Å². The Labute approximate surface area is 99.9 Å². The first-order valence-electron chi connectivity index (χ1n) is 6.13. The van der Waals surface area contributed by atoms with Crippen molar-refractivity contribution in [2.45, 2.75) is 53.9 Å². The first-order chi connectivity index (χ1) is 7.56. The number of Topliss-reactive ketones (excluding diaryl/α,β-unsaturated/α-hetero) is 1. The summed E-state index contributed by atoms with van der Waals surface area (Å²) in [5.74, 6) is 0.343. The van der Waals surface area contributed by atoms with Gasteiger partial charge in [0, 0.05) is 12.8 Å². The van der Waals surface area contributed by atoms with Crippen LogP contribution in [0.1, 0.15) is 50.3 Å². The zero-order valence-electron chi connectivity index (χ0n) is 11.3. The fourth-order valence-corrected chi connectivity index (χ4v) is 1.44. The molecule has 0 saturated carbocycles. The summed E-state index contributed by atoms with van der Waals surface area (Å²) < 4.78 is 0. The average molecular weight is 220 g/mol. The maximum Gasteiger partial charge on any atom is 0.132 e. The van der Waals surface area contributed by atoms with Gasteiger partial charge in [-0.25, -0.2) is 0 Å². The molecule has 0 saturated heterocycles. The molecule has 1 rings (SSSR count). The van der Waals surface area contributed by atoms with Crippen LogP contribution in [0.4, 0.5) is 0 Å². The van der Waals surface area contributed by atoms with Gasteiger partial charge < -0.3 is 0 Å². The van der Waals surface area contributed by atoms with E-state index in [-0.39, 0.29) is 0 Å². The molecule has 0 atom stereocenters. The van der Waals surface area contributed by atoms with Crippen molar-refractivity contribution in [3.63, 3.8) is 0 Å². The largest absolute Gasteiger partial charge is 0.300 e. The normalized spacial score (nSPS) is 9.31. The van der Waals surface area contributed by atoms with Crippen LogP contribution in [-0.4, -0.2) is 5.78 Å². The second kappa shape index (κ2) is 8.09. The minimum Gasteiger partial charge on any atom is -0.300 e. The molecular weight excluding hydrogens is 196 g/mol. The summed E-state index contributed by atoms with van der Waals surface area (Å²) in [4.78, 5) is 10.2. The fourth-order valence-electron chi connectivity index (χ4n) is 1.44. The van der Waals surface area contributed by atoms with Crippen LogP contribution >= 0.6 is 0 Å². The van der Waals surface area contributed by atoms with Crippen molar-refractivity contribution in [2.75, 3.05) is 0 Å². The number of aryl methyl sites for hydroxylation is 2. The SMILES string of the molecule is CCC(=O)CC.CCc1cccc(C)c1C. The van der Waals surface area contributed by atoms with E-state index >= 15 is 0 Å². The van der Waals surface area contributed by atoms with Crippen molar-refractivity contribution in [1.82, 2.24) is 0 Å². The minimum atomic E-state index is 0.343. The second-order valence-corrected chi connectivity index (χ2v) is 3.96. The predicted octanol–water partition coefficient (Wildman–Crippen LogP) is 4.24. The Morgan fingerprint density at radius 1 is 1.06 bits per heavy atom. The fraction of sp³-hybridized carbons (Fsp3) is 0.533. The second-order valence-electron chi connectivity index (χ2n) is 3.96. The summed E-state index contributed by atoms with van der Waals surface area (Å²) >= 11 is 0. The van der Waals surface area contributed by atoms with Crippen LogP contribution in [0, 0.1) is 13.8 Å². The summed E-state index contributed by atoms with van der Waals surface area (Å²) in [6.07, 6.45) is 2.53. The maximum absolute atomic E-state index is 10.2. The third-order valence-electron chi connectivity index (χ3n) is 2.89. The molecule has 16 heavy (non-hydrogen) atoms. The third-order valence-corrected chi connectivity index (χ3v) is 2.89. The Morgan fingerprint density at radius 3 is 1.94 bits per heavy atom. The van der Waals surface area contributed by atoms with E-state index in [1.165, 1.54) is 16.7 Å². The van der Waals surface area contributed by atoms with Crippen molar-refractivity contribution in [2.24, 2.45) is 0 Å². The molecule has 0 aliphatic carbocycles. The van der Waals surface area contributed by atoms with Crippen molar-refractivity contribution in [3.8, 4) is 0 Å². The predicted molar refractivity (Wildman–Crippen MR) is 70.9 cm³/mol. The van der Waals surface area contributed by atoms with E-state index in [2.05, 4.69) is 39.0 Å². The van der Waals surface area contributed by atoms with Crippen LogP contribution in [-0.2, 0) is 11.2 Å². The number of benzene rings is 1. The van der Waals surface area contributed by atoms with E-state index in [4.69, 9.17) is 0 Å². The number of rotatable bonds is 3. The topological polar surface area (TPSA) is 17.1 Å². The Kier molecular flexibility index (Phi) is 7.53. The molecule has 0 heterocycles. The summed E-state index contributed by atoms with van der Waals surface area (Å²) in [7, 11) is 0. The zero-order valence-corrected chi connectivity index (χ0v) is 11.3. The Hall–Kier alpha value is -1.11. The number of ketones is 1. The zero-order chi connectivity index (χ0) is 12.6. The van der Waals surface area contributed by atoms with Gasteiger partial charge in [-0.2, -0.15) is 0 Å². The lowest BCUT2D eigenvalue weighted by atomic mass is 10.0. The Balaban J connectivity index is 0.000000325. The minimum absolute atomic E-state index is 0.343. The summed E-state index contributed by atoms with van der Waals surface area (Å²) in [6.45, 7) is 10.3. The van der Waals surface area contributed by atoms with Gasteiger partial charge in [-0.1, -0.05) is 39.0 Å². The number of carbonyl (C=O) groups excluding carboxylic acids is 1. The van der Waals surface area contributed by atoms with Gasteiger partial charge in [-0.15, -0.1) is 0 Å². The highest BCUT2D eigenvalue weighted by molar-refractivity contribution is 5.77. The summed E-state index contributed by atoms with van der Waals surface area (Å²) in [5.41, 5.74) is 4.32. The number of carbonyl (C=O) groups is 1. The van der Waals surface area contributed by atoms with Crippen molar-refractivity contribution in [1.29, 1.82) is 0 Å². The molecule has 1 aromatic carbocycles.